The van der Waals surface area contributed by atoms with Crippen LogP contribution < -0.4 is 4.87 Å². The van der Waals surface area contributed by atoms with Gasteiger partial charge in [-0.3, -0.25) is 14.2 Å². The number of carbonyl (C=O) groups excluding carboxylic acids is 1. The fourth-order valence-electron chi connectivity index (χ4n) is 4.43. The number of fused-ring (bicyclic) bond motifs is 1. The van der Waals surface area contributed by atoms with Crippen LogP contribution in [0.4, 0.5) is 0 Å². The van der Waals surface area contributed by atoms with Crippen LogP contribution >= 0.6 is 11.3 Å². The summed E-state index contributed by atoms with van der Waals surface area (Å²) in [5.74, 6) is 0.00412. The summed E-state index contributed by atoms with van der Waals surface area (Å²) in [6.45, 7) is 5.08. The Balaban J connectivity index is 1.55. The van der Waals surface area contributed by atoms with Gasteiger partial charge in [0.05, 0.1) is 28.3 Å². The van der Waals surface area contributed by atoms with Crippen molar-refractivity contribution in [2.24, 2.45) is 0 Å². The molecule has 2 aliphatic rings. The van der Waals surface area contributed by atoms with E-state index in [1.807, 2.05) is 6.92 Å². The largest absolute Gasteiger partial charge is 0.378 e. The third kappa shape index (κ3) is 4.57. The zero-order valence-electron chi connectivity index (χ0n) is 17.8. The van der Waals surface area contributed by atoms with Crippen LogP contribution in [-0.2, 0) is 26.1 Å². The van der Waals surface area contributed by atoms with Crippen molar-refractivity contribution >= 4 is 37.5 Å². The van der Waals surface area contributed by atoms with Crippen LogP contribution in [0.3, 0.4) is 0 Å². The minimum atomic E-state index is -3.60. The SMILES string of the molecule is CCC1CCCCN1S(=O)(=O)c1ccc2c(c1)sc(=O)n2CCC(=O)N1CCOCC1. The van der Waals surface area contributed by atoms with Crippen molar-refractivity contribution in [1.29, 1.82) is 0 Å². The molecule has 2 saturated heterocycles. The zero-order valence-corrected chi connectivity index (χ0v) is 19.4. The van der Waals surface area contributed by atoms with E-state index in [-0.39, 0.29) is 34.7 Å². The molecule has 0 bridgehead atoms. The monoisotopic (exact) mass is 467 g/mol. The number of aryl methyl sites for hydroxylation is 1. The molecule has 1 aromatic heterocycles. The number of piperidine rings is 1. The average molecular weight is 468 g/mol. The number of rotatable bonds is 6. The number of hydrogen-bond acceptors (Lipinski definition) is 6. The van der Waals surface area contributed by atoms with Gasteiger partial charge in [0.25, 0.3) is 0 Å². The summed E-state index contributed by atoms with van der Waals surface area (Å²) < 4.78 is 35.6. The van der Waals surface area contributed by atoms with E-state index in [9.17, 15) is 18.0 Å². The molecule has 2 aromatic rings. The lowest BCUT2D eigenvalue weighted by Crippen LogP contribution is -2.43. The van der Waals surface area contributed by atoms with Gasteiger partial charge in [-0.05, 0) is 37.5 Å². The Morgan fingerprint density at radius 2 is 1.97 bits per heavy atom. The van der Waals surface area contributed by atoms with Crippen LogP contribution in [0.15, 0.2) is 27.9 Å². The van der Waals surface area contributed by atoms with E-state index in [0.29, 0.717) is 43.1 Å². The number of thiazole rings is 1. The van der Waals surface area contributed by atoms with Crippen LogP contribution in [0.25, 0.3) is 10.2 Å². The smallest absolute Gasteiger partial charge is 0.308 e. The van der Waals surface area contributed by atoms with Gasteiger partial charge in [0.15, 0.2) is 0 Å². The molecule has 0 saturated carbocycles. The maximum Gasteiger partial charge on any atom is 0.308 e. The third-order valence-electron chi connectivity index (χ3n) is 6.20. The fraction of sp³-hybridized carbons (Fsp3) is 0.619. The summed E-state index contributed by atoms with van der Waals surface area (Å²) in [5, 5.41) is 0. The Morgan fingerprint density at radius 1 is 1.19 bits per heavy atom. The van der Waals surface area contributed by atoms with Crippen molar-refractivity contribution in [2.75, 3.05) is 32.8 Å². The molecule has 1 unspecified atom stereocenters. The Labute approximate surface area is 186 Å². The van der Waals surface area contributed by atoms with E-state index in [2.05, 4.69) is 0 Å². The number of morpholine rings is 1. The molecule has 0 N–H and O–H groups in total. The number of aromatic nitrogens is 1. The van der Waals surface area contributed by atoms with Crippen LogP contribution in [-0.4, -0.2) is 67.0 Å². The summed E-state index contributed by atoms with van der Waals surface area (Å²) in [4.78, 5) is 26.8. The van der Waals surface area contributed by atoms with Crippen LogP contribution in [0.1, 0.15) is 39.0 Å². The molecule has 2 fully saturated rings. The van der Waals surface area contributed by atoms with E-state index < -0.39 is 10.0 Å². The molecular weight excluding hydrogens is 438 g/mol. The van der Waals surface area contributed by atoms with Gasteiger partial charge in [-0.15, -0.1) is 0 Å². The summed E-state index contributed by atoms with van der Waals surface area (Å²) in [5.41, 5.74) is 0.675. The second kappa shape index (κ2) is 9.40. The van der Waals surface area contributed by atoms with Gasteiger partial charge in [-0.25, -0.2) is 8.42 Å². The predicted molar refractivity (Wildman–Crippen MR) is 120 cm³/mol. The molecule has 170 valence electrons. The summed E-state index contributed by atoms with van der Waals surface area (Å²) >= 11 is 1.03. The van der Waals surface area contributed by atoms with Crippen molar-refractivity contribution in [2.45, 2.75) is 56.5 Å². The van der Waals surface area contributed by atoms with Gasteiger partial charge in [0, 0.05) is 38.6 Å². The first-order valence-electron chi connectivity index (χ1n) is 10.9. The maximum absolute atomic E-state index is 13.3. The minimum Gasteiger partial charge on any atom is -0.378 e. The first-order valence-corrected chi connectivity index (χ1v) is 13.2. The second-order valence-corrected chi connectivity index (χ2v) is 10.9. The van der Waals surface area contributed by atoms with E-state index in [0.717, 1.165) is 37.0 Å². The normalized spacial score (nSPS) is 20.9. The Kier molecular flexibility index (Phi) is 6.80. The Bertz CT molecular complexity index is 1100. The number of carbonyl (C=O) groups is 1. The van der Waals surface area contributed by atoms with Gasteiger partial charge in [0.2, 0.25) is 15.9 Å². The highest BCUT2D eigenvalue weighted by atomic mass is 32.2. The zero-order chi connectivity index (χ0) is 22.0. The first-order chi connectivity index (χ1) is 14.9. The van der Waals surface area contributed by atoms with Crippen molar-refractivity contribution in [3.8, 4) is 0 Å². The average Bonchev–Trinajstić information content (AvgIpc) is 3.12. The van der Waals surface area contributed by atoms with E-state index in [1.165, 1.54) is 0 Å². The highest BCUT2D eigenvalue weighted by Gasteiger charge is 2.32. The lowest BCUT2D eigenvalue weighted by Gasteiger charge is -2.34. The highest BCUT2D eigenvalue weighted by Crippen LogP contribution is 2.29. The molecule has 3 heterocycles. The molecule has 8 nitrogen and oxygen atoms in total. The van der Waals surface area contributed by atoms with Crippen LogP contribution in [0, 0.1) is 0 Å². The quantitative estimate of drug-likeness (QED) is 0.650. The Hall–Kier alpha value is -1.75. The second-order valence-electron chi connectivity index (χ2n) is 8.07. The molecule has 1 amide bonds. The summed E-state index contributed by atoms with van der Waals surface area (Å²) in [6.07, 6.45) is 3.84. The van der Waals surface area contributed by atoms with Crippen molar-refractivity contribution < 1.29 is 17.9 Å². The van der Waals surface area contributed by atoms with E-state index in [1.54, 1.807) is 32.0 Å². The highest BCUT2D eigenvalue weighted by molar-refractivity contribution is 7.89. The summed E-state index contributed by atoms with van der Waals surface area (Å²) in [6, 6.07) is 4.93. The molecule has 31 heavy (non-hydrogen) atoms. The number of hydrogen-bond donors (Lipinski definition) is 0. The van der Waals surface area contributed by atoms with Crippen LogP contribution in [0.2, 0.25) is 0 Å². The van der Waals surface area contributed by atoms with Crippen molar-refractivity contribution in [3.63, 3.8) is 0 Å². The number of nitrogens with zero attached hydrogens (tertiary/aromatic N) is 3. The molecule has 4 rings (SSSR count). The molecule has 10 heteroatoms. The number of benzene rings is 1. The molecule has 0 spiro atoms. The minimum absolute atomic E-state index is 0.00412. The lowest BCUT2D eigenvalue weighted by molar-refractivity contribution is -0.135. The number of amides is 1. The number of ether oxygens (including phenoxy) is 1. The standard InChI is InChI=1S/C21H29N3O5S2/c1-2-16-5-3-4-9-24(16)31(27,28)17-6-7-18-19(15-17)30-21(26)23(18)10-8-20(25)22-11-13-29-14-12-22/h6-7,15-16H,2-5,8-14H2,1H3. The topological polar surface area (TPSA) is 88.9 Å². The molecular formula is C21H29N3O5S2. The third-order valence-corrected chi connectivity index (χ3v) is 9.09. The van der Waals surface area contributed by atoms with E-state index in [4.69, 9.17) is 4.74 Å². The number of sulfonamides is 1. The molecule has 0 radical (unpaired) electrons. The molecule has 0 aliphatic carbocycles. The maximum atomic E-state index is 13.3. The van der Waals surface area contributed by atoms with Gasteiger partial charge < -0.3 is 9.64 Å². The molecule has 1 atom stereocenters. The lowest BCUT2D eigenvalue weighted by atomic mass is 10.0. The van der Waals surface area contributed by atoms with E-state index >= 15 is 0 Å². The predicted octanol–water partition coefficient (Wildman–Crippen LogP) is 2.27. The molecule has 2 aliphatic heterocycles. The van der Waals surface area contributed by atoms with Gasteiger partial charge >= 0.3 is 4.87 Å². The molecule has 1 aromatic carbocycles. The Morgan fingerprint density at radius 3 is 2.71 bits per heavy atom. The van der Waals surface area contributed by atoms with Crippen molar-refractivity contribution in [3.05, 3.63) is 27.9 Å². The first kappa shape index (κ1) is 22.4. The summed E-state index contributed by atoms with van der Waals surface area (Å²) in [7, 11) is -3.60. The van der Waals surface area contributed by atoms with Crippen molar-refractivity contribution in [1.82, 2.24) is 13.8 Å². The van der Waals surface area contributed by atoms with Gasteiger partial charge in [-0.1, -0.05) is 24.7 Å². The van der Waals surface area contributed by atoms with Crippen LogP contribution in [0.5, 0.6) is 0 Å². The van der Waals surface area contributed by atoms with Gasteiger partial charge in [0.1, 0.15) is 0 Å². The fourth-order valence-corrected chi connectivity index (χ4v) is 7.26. The van der Waals surface area contributed by atoms with Gasteiger partial charge in [-0.2, -0.15) is 4.31 Å².